The summed E-state index contributed by atoms with van der Waals surface area (Å²) in [6.07, 6.45) is 7.90. The van der Waals surface area contributed by atoms with Crippen LogP contribution in [0.1, 0.15) is 61.5 Å². The predicted octanol–water partition coefficient (Wildman–Crippen LogP) is 4.50. The Balaban J connectivity index is 2.02. The second kappa shape index (κ2) is 7.56. The summed E-state index contributed by atoms with van der Waals surface area (Å²) in [6, 6.07) is 0.710. The Labute approximate surface area is 128 Å². The SMILES string of the molecule is CCCNC1CCC(CC)CC1Cc1nc(C)c(C)s1. The molecule has 0 spiro atoms. The van der Waals surface area contributed by atoms with E-state index in [1.807, 2.05) is 11.3 Å². The average molecular weight is 295 g/mol. The molecule has 0 bridgehead atoms. The third-order valence-electron chi connectivity index (χ3n) is 4.83. The molecule has 2 rings (SSSR count). The fourth-order valence-electron chi connectivity index (χ4n) is 3.41. The van der Waals surface area contributed by atoms with Gasteiger partial charge in [-0.25, -0.2) is 4.98 Å². The average Bonchev–Trinajstić information content (AvgIpc) is 2.75. The van der Waals surface area contributed by atoms with Crippen LogP contribution in [0.15, 0.2) is 0 Å². The van der Waals surface area contributed by atoms with Gasteiger partial charge in [0.2, 0.25) is 0 Å². The normalized spacial score (nSPS) is 26.9. The monoisotopic (exact) mass is 294 g/mol. The highest BCUT2D eigenvalue weighted by Gasteiger charge is 2.30. The fourth-order valence-corrected chi connectivity index (χ4v) is 4.43. The van der Waals surface area contributed by atoms with Gasteiger partial charge in [0.25, 0.3) is 0 Å². The zero-order valence-electron chi connectivity index (χ0n) is 13.5. The summed E-state index contributed by atoms with van der Waals surface area (Å²) < 4.78 is 0. The van der Waals surface area contributed by atoms with Gasteiger partial charge in [0.1, 0.15) is 0 Å². The van der Waals surface area contributed by atoms with E-state index in [1.54, 1.807) is 0 Å². The van der Waals surface area contributed by atoms with E-state index in [2.05, 4.69) is 33.0 Å². The minimum atomic E-state index is 0.710. The fraction of sp³-hybridized carbons (Fsp3) is 0.824. The number of nitrogens with zero attached hydrogens (tertiary/aromatic N) is 1. The molecule has 3 heteroatoms. The van der Waals surface area contributed by atoms with Crippen molar-refractivity contribution in [2.45, 2.75) is 72.3 Å². The molecular formula is C17H30N2S. The van der Waals surface area contributed by atoms with Crippen molar-refractivity contribution in [3.05, 3.63) is 15.6 Å². The van der Waals surface area contributed by atoms with E-state index < -0.39 is 0 Å². The van der Waals surface area contributed by atoms with Gasteiger partial charge >= 0.3 is 0 Å². The largest absolute Gasteiger partial charge is 0.314 e. The molecule has 1 aliphatic rings. The molecule has 1 heterocycles. The first-order valence-electron chi connectivity index (χ1n) is 8.30. The van der Waals surface area contributed by atoms with E-state index in [0.29, 0.717) is 6.04 Å². The quantitative estimate of drug-likeness (QED) is 0.835. The maximum Gasteiger partial charge on any atom is 0.0934 e. The van der Waals surface area contributed by atoms with Crippen LogP contribution in [0, 0.1) is 25.7 Å². The van der Waals surface area contributed by atoms with Crippen LogP contribution in [0.2, 0.25) is 0 Å². The zero-order valence-corrected chi connectivity index (χ0v) is 14.4. The van der Waals surface area contributed by atoms with Crippen LogP contribution in [-0.2, 0) is 6.42 Å². The molecule has 0 saturated heterocycles. The standard InChI is InChI=1S/C17H30N2S/c1-5-9-18-16-8-7-14(6-2)10-15(16)11-17-19-12(3)13(4)20-17/h14-16,18H,5-11H2,1-4H3. The molecule has 2 nitrogen and oxygen atoms in total. The van der Waals surface area contributed by atoms with Crippen LogP contribution in [0.4, 0.5) is 0 Å². The molecule has 1 N–H and O–H groups in total. The van der Waals surface area contributed by atoms with Crippen LogP contribution in [0.25, 0.3) is 0 Å². The minimum absolute atomic E-state index is 0.710. The van der Waals surface area contributed by atoms with E-state index in [-0.39, 0.29) is 0 Å². The van der Waals surface area contributed by atoms with Crippen molar-refractivity contribution in [3.8, 4) is 0 Å². The van der Waals surface area contributed by atoms with Crippen LogP contribution >= 0.6 is 11.3 Å². The number of aryl methyl sites for hydroxylation is 2. The van der Waals surface area contributed by atoms with E-state index in [9.17, 15) is 0 Å². The molecule has 1 aromatic heterocycles. The number of rotatable bonds is 6. The van der Waals surface area contributed by atoms with Crippen LogP contribution < -0.4 is 5.32 Å². The number of thiazole rings is 1. The van der Waals surface area contributed by atoms with E-state index in [1.165, 1.54) is 54.1 Å². The molecule has 0 amide bonds. The summed E-state index contributed by atoms with van der Waals surface area (Å²) in [6.45, 7) is 10.1. The lowest BCUT2D eigenvalue weighted by molar-refractivity contribution is 0.198. The molecule has 0 aromatic carbocycles. The second-order valence-electron chi connectivity index (χ2n) is 6.36. The van der Waals surface area contributed by atoms with E-state index in [4.69, 9.17) is 4.98 Å². The van der Waals surface area contributed by atoms with Crippen molar-refractivity contribution >= 4 is 11.3 Å². The molecule has 1 aliphatic carbocycles. The lowest BCUT2D eigenvalue weighted by atomic mass is 9.75. The van der Waals surface area contributed by atoms with Crippen molar-refractivity contribution in [3.63, 3.8) is 0 Å². The van der Waals surface area contributed by atoms with Crippen LogP contribution in [0.3, 0.4) is 0 Å². The molecular weight excluding hydrogens is 264 g/mol. The van der Waals surface area contributed by atoms with Crippen molar-refractivity contribution in [1.82, 2.24) is 10.3 Å². The lowest BCUT2D eigenvalue weighted by Gasteiger charge is -2.36. The first-order valence-corrected chi connectivity index (χ1v) is 9.11. The van der Waals surface area contributed by atoms with Gasteiger partial charge < -0.3 is 5.32 Å². The molecule has 3 atom stereocenters. The summed E-state index contributed by atoms with van der Waals surface area (Å²) in [5.74, 6) is 1.71. The van der Waals surface area contributed by atoms with Gasteiger partial charge in [-0.2, -0.15) is 0 Å². The Morgan fingerprint density at radius 2 is 2.05 bits per heavy atom. The molecule has 0 radical (unpaired) electrons. The Morgan fingerprint density at radius 1 is 1.25 bits per heavy atom. The van der Waals surface area contributed by atoms with Gasteiger partial charge in [-0.3, -0.25) is 0 Å². The van der Waals surface area contributed by atoms with Gasteiger partial charge in [-0.1, -0.05) is 20.3 Å². The highest BCUT2D eigenvalue weighted by atomic mass is 32.1. The topological polar surface area (TPSA) is 24.9 Å². The summed E-state index contributed by atoms with van der Waals surface area (Å²) in [7, 11) is 0. The highest BCUT2D eigenvalue weighted by Crippen LogP contribution is 2.34. The predicted molar refractivity (Wildman–Crippen MR) is 88.5 cm³/mol. The minimum Gasteiger partial charge on any atom is -0.314 e. The lowest BCUT2D eigenvalue weighted by Crippen LogP contribution is -2.41. The van der Waals surface area contributed by atoms with Crippen molar-refractivity contribution in [1.29, 1.82) is 0 Å². The summed E-state index contributed by atoms with van der Waals surface area (Å²) in [4.78, 5) is 6.15. The molecule has 3 unspecified atom stereocenters. The molecule has 1 saturated carbocycles. The molecule has 1 fully saturated rings. The third-order valence-corrected chi connectivity index (χ3v) is 5.93. The maximum atomic E-state index is 4.76. The van der Waals surface area contributed by atoms with Gasteiger partial charge in [-0.05, 0) is 57.9 Å². The van der Waals surface area contributed by atoms with E-state index >= 15 is 0 Å². The van der Waals surface area contributed by atoms with Crippen LogP contribution in [0.5, 0.6) is 0 Å². The Bertz CT molecular complexity index is 394. The van der Waals surface area contributed by atoms with Gasteiger partial charge in [-0.15, -0.1) is 11.3 Å². The Morgan fingerprint density at radius 3 is 2.65 bits per heavy atom. The van der Waals surface area contributed by atoms with Gasteiger partial charge in [0.15, 0.2) is 0 Å². The first kappa shape index (κ1) is 16.0. The second-order valence-corrected chi connectivity index (χ2v) is 7.65. The molecule has 0 aliphatic heterocycles. The summed E-state index contributed by atoms with van der Waals surface area (Å²) in [5.41, 5.74) is 1.23. The smallest absolute Gasteiger partial charge is 0.0934 e. The number of nitrogens with one attached hydrogen (secondary N) is 1. The number of hydrogen-bond acceptors (Lipinski definition) is 3. The number of hydrogen-bond donors (Lipinski definition) is 1. The Hall–Kier alpha value is -0.410. The van der Waals surface area contributed by atoms with Crippen LogP contribution in [-0.4, -0.2) is 17.6 Å². The third kappa shape index (κ3) is 4.05. The molecule has 114 valence electrons. The van der Waals surface area contributed by atoms with Crippen molar-refractivity contribution < 1.29 is 0 Å². The highest BCUT2D eigenvalue weighted by molar-refractivity contribution is 7.11. The molecule has 1 aromatic rings. The Kier molecular flexibility index (Phi) is 6.03. The van der Waals surface area contributed by atoms with Gasteiger partial charge in [0, 0.05) is 17.3 Å². The molecule has 20 heavy (non-hydrogen) atoms. The number of aromatic nitrogens is 1. The van der Waals surface area contributed by atoms with E-state index in [0.717, 1.165) is 18.4 Å². The van der Waals surface area contributed by atoms with Crippen molar-refractivity contribution in [2.75, 3.05) is 6.54 Å². The first-order chi connectivity index (χ1) is 9.63. The van der Waals surface area contributed by atoms with Crippen molar-refractivity contribution in [2.24, 2.45) is 11.8 Å². The zero-order chi connectivity index (χ0) is 14.5. The summed E-state index contributed by atoms with van der Waals surface area (Å²) >= 11 is 1.90. The maximum absolute atomic E-state index is 4.76. The van der Waals surface area contributed by atoms with Gasteiger partial charge in [0.05, 0.1) is 10.7 Å². The summed E-state index contributed by atoms with van der Waals surface area (Å²) in [5, 5.41) is 5.14.